The van der Waals surface area contributed by atoms with Gasteiger partial charge < -0.3 is 4.74 Å². The highest BCUT2D eigenvalue weighted by Gasteiger charge is 2.30. The number of benzene rings is 1. The van der Waals surface area contributed by atoms with Gasteiger partial charge in [0.2, 0.25) is 10.0 Å². The maximum absolute atomic E-state index is 13.3. The van der Waals surface area contributed by atoms with Crippen LogP contribution < -0.4 is 0 Å². The van der Waals surface area contributed by atoms with Crippen LogP contribution in [0.25, 0.3) is 0 Å². The lowest BCUT2D eigenvalue weighted by molar-refractivity contribution is -0.00253. The molecule has 1 fully saturated rings. The number of hydrogen-bond acceptors (Lipinski definition) is 3. The van der Waals surface area contributed by atoms with Crippen molar-refractivity contribution in [2.75, 3.05) is 25.4 Å². The third-order valence-corrected chi connectivity index (χ3v) is 5.38. The number of aryl methyl sites for hydroxylation is 1. The normalized spacial score (nSPS) is 20.4. The van der Waals surface area contributed by atoms with E-state index in [4.69, 9.17) is 4.74 Å². The van der Waals surface area contributed by atoms with E-state index in [0.29, 0.717) is 24.3 Å². The van der Waals surface area contributed by atoms with Gasteiger partial charge in [-0.05, 0) is 31.0 Å². The summed E-state index contributed by atoms with van der Waals surface area (Å²) in [6.07, 6.45) is -0.363. The zero-order valence-corrected chi connectivity index (χ0v) is 13.1. The van der Waals surface area contributed by atoms with Crippen molar-refractivity contribution in [2.45, 2.75) is 20.0 Å². The van der Waals surface area contributed by atoms with Gasteiger partial charge in [-0.2, -0.15) is 4.31 Å². The summed E-state index contributed by atoms with van der Waals surface area (Å²) in [4.78, 5) is 0. The number of nitrogens with zero attached hydrogens (tertiary/aromatic N) is 1. The molecule has 6 heteroatoms. The van der Waals surface area contributed by atoms with Gasteiger partial charge in [-0.25, -0.2) is 12.8 Å². The molecule has 0 saturated carbocycles. The molecular formula is C15H20FNO3S. The van der Waals surface area contributed by atoms with Gasteiger partial charge in [0.1, 0.15) is 5.82 Å². The number of morpholine rings is 1. The fourth-order valence-corrected chi connectivity index (χ4v) is 3.87. The van der Waals surface area contributed by atoms with Gasteiger partial charge in [0.15, 0.2) is 0 Å². The molecule has 0 aliphatic carbocycles. The second kappa shape index (κ2) is 6.25. The van der Waals surface area contributed by atoms with E-state index in [0.717, 1.165) is 5.56 Å². The monoisotopic (exact) mass is 313 g/mol. The topological polar surface area (TPSA) is 46.6 Å². The van der Waals surface area contributed by atoms with Gasteiger partial charge in [-0.3, -0.25) is 0 Å². The standard InChI is InChI=1S/C15H20FNO3S/c1-11(2)10-21(18,19)17-6-7-20-15(9-17)13-4-5-14(16)12(3)8-13/h4-5,8,15H,1,6-7,9-10H2,2-3H3. The summed E-state index contributed by atoms with van der Waals surface area (Å²) in [5, 5.41) is 0. The van der Waals surface area contributed by atoms with Crippen molar-refractivity contribution in [3.63, 3.8) is 0 Å². The van der Waals surface area contributed by atoms with Crippen LogP contribution in [-0.2, 0) is 14.8 Å². The first kappa shape index (κ1) is 16.1. The number of sulfonamides is 1. The molecule has 0 amide bonds. The quantitative estimate of drug-likeness (QED) is 0.802. The maximum Gasteiger partial charge on any atom is 0.218 e. The third kappa shape index (κ3) is 3.90. The summed E-state index contributed by atoms with van der Waals surface area (Å²) in [5.41, 5.74) is 1.93. The van der Waals surface area contributed by atoms with Gasteiger partial charge in [0.25, 0.3) is 0 Å². The Morgan fingerprint density at radius 3 is 2.86 bits per heavy atom. The van der Waals surface area contributed by atoms with E-state index >= 15 is 0 Å². The Bertz CT molecular complexity index is 642. The van der Waals surface area contributed by atoms with Gasteiger partial charge in [0.05, 0.1) is 18.5 Å². The predicted octanol–water partition coefficient (Wildman–Crippen LogP) is 2.41. The Morgan fingerprint density at radius 2 is 2.24 bits per heavy atom. The highest BCUT2D eigenvalue weighted by atomic mass is 32.2. The van der Waals surface area contributed by atoms with Gasteiger partial charge in [-0.15, -0.1) is 0 Å². The molecule has 0 bridgehead atoms. The number of halogens is 1. The Morgan fingerprint density at radius 1 is 1.52 bits per heavy atom. The molecule has 0 aromatic heterocycles. The van der Waals surface area contributed by atoms with Gasteiger partial charge >= 0.3 is 0 Å². The highest BCUT2D eigenvalue weighted by Crippen LogP contribution is 2.25. The Balaban J connectivity index is 2.17. The van der Waals surface area contributed by atoms with Crippen LogP contribution in [0.15, 0.2) is 30.4 Å². The molecule has 1 unspecified atom stereocenters. The van der Waals surface area contributed by atoms with E-state index in [-0.39, 0.29) is 24.2 Å². The van der Waals surface area contributed by atoms with Crippen LogP contribution in [0.4, 0.5) is 4.39 Å². The molecule has 1 saturated heterocycles. The number of hydrogen-bond donors (Lipinski definition) is 0. The van der Waals surface area contributed by atoms with Crippen LogP contribution in [-0.4, -0.2) is 38.2 Å². The molecule has 0 N–H and O–H groups in total. The summed E-state index contributed by atoms with van der Waals surface area (Å²) in [7, 11) is -3.36. The van der Waals surface area contributed by atoms with Crippen molar-refractivity contribution in [3.05, 3.63) is 47.3 Å². The summed E-state index contributed by atoms with van der Waals surface area (Å²) in [6.45, 7) is 7.95. The van der Waals surface area contributed by atoms with Crippen molar-refractivity contribution in [2.24, 2.45) is 0 Å². The number of rotatable bonds is 4. The molecule has 1 atom stereocenters. The molecule has 2 rings (SSSR count). The van der Waals surface area contributed by atoms with Crippen LogP contribution in [0.3, 0.4) is 0 Å². The van der Waals surface area contributed by atoms with Crippen molar-refractivity contribution >= 4 is 10.0 Å². The highest BCUT2D eigenvalue weighted by molar-refractivity contribution is 7.89. The Hall–Kier alpha value is -1.24. The Kier molecular flexibility index (Phi) is 4.81. The molecule has 0 spiro atoms. The first-order valence-electron chi connectivity index (χ1n) is 6.79. The van der Waals surface area contributed by atoms with Crippen molar-refractivity contribution < 1.29 is 17.5 Å². The van der Waals surface area contributed by atoms with Gasteiger partial charge in [-0.1, -0.05) is 24.3 Å². The van der Waals surface area contributed by atoms with E-state index in [1.807, 2.05) is 0 Å². The lowest BCUT2D eigenvalue weighted by atomic mass is 10.1. The minimum absolute atomic E-state index is 0.0534. The number of ether oxygens (including phenoxy) is 1. The van der Waals surface area contributed by atoms with E-state index < -0.39 is 10.0 Å². The van der Waals surface area contributed by atoms with E-state index in [1.54, 1.807) is 26.0 Å². The molecule has 21 heavy (non-hydrogen) atoms. The zero-order valence-electron chi connectivity index (χ0n) is 12.3. The average molecular weight is 313 g/mol. The molecule has 1 aromatic rings. The van der Waals surface area contributed by atoms with E-state index in [9.17, 15) is 12.8 Å². The first-order valence-corrected chi connectivity index (χ1v) is 8.40. The van der Waals surface area contributed by atoms with Crippen molar-refractivity contribution in [1.82, 2.24) is 4.31 Å². The van der Waals surface area contributed by atoms with Gasteiger partial charge in [0, 0.05) is 13.1 Å². The van der Waals surface area contributed by atoms with Crippen molar-refractivity contribution in [3.8, 4) is 0 Å². The van der Waals surface area contributed by atoms with Crippen LogP contribution in [0.2, 0.25) is 0 Å². The predicted molar refractivity (Wildman–Crippen MR) is 80.0 cm³/mol. The lowest BCUT2D eigenvalue weighted by Gasteiger charge is -2.32. The molecule has 116 valence electrons. The first-order chi connectivity index (χ1) is 9.79. The molecule has 1 aliphatic rings. The zero-order chi connectivity index (χ0) is 15.6. The van der Waals surface area contributed by atoms with Crippen molar-refractivity contribution in [1.29, 1.82) is 0 Å². The molecule has 0 radical (unpaired) electrons. The van der Waals surface area contributed by atoms with Crippen LogP contribution in [0, 0.1) is 12.7 Å². The minimum atomic E-state index is -3.36. The summed E-state index contributed by atoms with van der Waals surface area (Å²) in [6, 6.07) is 4.73. The smallest absolute Gasteiger partial charge is 0.218 e. The second-order valence-electron chi connectivity index (χ2n) is 5.44. The summed E-state index contributed by atoms with van der Waals surface area (Å²) in [5.74, 6) is -0.330. The average Bonchev–Trinajstić information content (AvgIpc) is 2.41. The molecule has 1 aromatic carbocycles. The molecule has 1 aliphatic heterocycles. The Labute approximate surface area is 125 Å². The summed E-state index contributed by atoms with van der Waals surface area (Å²) < 4.78 is 44.9. The maximum atomic E-state index is 13.3. The molecule has 4 nitrogen and oxygen atoms in total. The molecule has 1 heterocycles. The third-order valence-electron chi connectivity index (χ3n) is 3.41. The minimum Gasteiger partial charge on any atom is -0.371 e. The van der Waals surface area contributed by atoms with Crippen LogP contribution in [0.1, 0.15) is 24.2 Å². The second-order valence-corrected chi connectivity index (χ2v) is 7.41. The fourth-order valence-electron chi connectivity index (χ4n) is 2.35. The lowest BCUT2D eigenvalue weighted by Crippen LogP contribution is -2.43. The van der Waals surface area contributed by atoms with E-state index in [1.165, 1.54) is 10.4 Å². The SMILES string of the molecule is C=C(C)CS(=O)(=O)N1CCOC(c2ccc(F)c(C)c2)C1. The van der Waals surface area contributed by atoms with Crippen LogP contribution >= 0.6 is 0 Å². The van der Waals surface area contributed by atoms with E-state index in [2.05, 4.69) is 6.58 Å². The fraction of sp³-hybridized carbons (Fsp3) is 0.467. The molecular weight excluding hydrogens is 293 g/mol. The van der Waals surface area contributed by atoms with Crippen LogP contribution in [0.5, 0.6) is 0 Å². The summed E-state index contributed by atoms with van der Waals surface area (Å²) >= 11 is 0. The largest absolute Gasteiger partial charge is 0.371 e.